The molecule has 25 heavy (non-hydrogen) atoms. The number of hydrogen-bond donors (Lipinski definition) is 1. The number of hydrogen-bond acceptors (Lipinski definition) is 5. The van der Waals surface area contributed by atoms with Crippen LogP contribution in [0.4, 0.5) is 5.82 Å². The van der Waals surface area contributed by atoms with Crippen molar-refractivity contribution in [2.24, 2.45) is 7.05 Å². The van der Waals surface area contributed by atoms with Crippen LogP contribution in [-0.4, -0.2) is 40.0 Å². The van der Waals surface area contributed by atoms with E-state index in [-0.39, 0.29) is 17.7 Å². The highest BCUT2D eigenvalue weighted by Crippen LogP contribution is 2.20. The fourth-order valence-electron chi connectivity index (χ4n) is 3.04. The van der Waals surface area contributed by atoms with E-state index in [0.717, 1.165) is 30.9 Å². The molecule has 3 heterocycles. The summed E-state index contributed by atoms with van der Waals surface area (Å²) in [7, 11) is 1.90. The summed E-state index contributed by atoms with van der Waals surface area (Å²) in [5, 5.41) is 11.4. The average Bonchev–Trinajstić information content (AvgIpc) is 3.35. The van der Waals surface area contributed by atoms with Gasteiger partial charge in [0.05, 0.1) is 0 Å². The molecule has 0 unspecified atom stereocenters. The van der Waals surface area contributed by atoms with Crippen LogP contribution >= 0.6 is 0 Å². The van der Waals surface area contributed by atoms with Crippen LogP contribution in [0.2, 0.25) is 0 Å². The quantitative estimate of drug-likeness (QED) is 0.789. The van der Waals surface area contributed by atoms with Crippen LogP contribution in [0.15, 0.2) is 53.2 Å². The van der Waals surface area contributed by atoms with E-state index in [1.165, 1.54) is 0 Å². The number of benzene rings is 1. The van der Waals surface area contributed by atoms with Crippen molar-refractivity contribution < 1.29 is 9.32 Å². The first kappa shape index (κ1) is 15.4. The average molecular weight is 337 g/mol. The van der Waals surface area contributed by atoms with Crippen molar-refractivity contribution in [3.63, 3.8) is 0 Å². The molecule has 1 amide bonds. The molecule has 1 saturated heterocycles. The minimum absolute atomic E-state index is 0.0692. The van der Waals surface area contributed by atoms with Gasteiger partial charge in [-0.1, -0.05) is 35.5 Å². The Hall–Kier alpha value is -3.09. The van der Waals surface area contributed by atoms with E-state index in [0.29, 0.717) is 5.69 Å². The number of nitrogens with zero attached hydrogens (tertiary/aromatic N) is 4. The number of rotatable bonds is 4. The second-order valence-corrected chi connectivity index (χ2v) is 6.20. The molecule has 0 bridgehead atoms. The molecule has 1 aliphatic heterocycles. The van der Waals surface area contributed by atoms with Gasteiger partial charge in [-0.05, 0) is 6.42 Å². The van der Waals surface area contributed by atoms with Crippen molar-refractivity contribution in [1.29, 1.82) is 0 Å². The van der Waals surface area contributed by atoms with E-state index in [2.05, 4.69) is 20.5 Å². The molecule has 7 nitrogen and oxygen atoms in total. The number of carbonyl (C=O) groups is 1. The number of amides is 1. The van der Waals surface area contributed by atoms with Gasteiger partial charge in [0.1, 0.15) is 5.69 Å². The molecule has 128 valence electrons. The van der Waals surface area contributed by atoms with Crippen LogP contribution in [0.3, 0.4) is 0 Å². The molecule has 7 heteroatoms. The summed E-state index contributed by atoms with van der Waals surface area (Å²) in [6.45, 7) is 1.61. The third-order valence-corrected chi connectivity index (χ3v) is 4.35. The molecular weight excluding hydrogens is 318 g/mol. The molecule has 1 fully saturated rings. The normalized spacial score (nSPS) is 17.0. The van der Waals surface area contributed by atoms with Crippen LogP contribution in [0.25, 0.3) is 11.3 Å². The molecule has 0 saturated carbocycles. The van der Waals surface area contributed by atoms with Gasteiger partial charge in [0.2, 0.25) is 5.76 Å². The largest absolute Gasteiger partial charge is 0.353 e. The lowest BCUT2D eigenvalue weighted by Crippen LogP contribution is -2.37. The van der Waals surface area contributed by atoms with Gasteiger partial charge in [-0.2, -0.15) is 5.10 Å². The second kappa shape index (κ2) is 6.43. The number of aryl methyl sites for hydroxylation is 1. The van der Waals surface area contributed by atoms with E-state index in [1.807, 2.05) is 49.6 Å². The minimum atomic E-state index is -0.234. The summed E-state index contributed by atoms with van der Waals surface area (Å²) in [5.41, 5.74) is 1.58. The van der Waals surface area contributed by atoms with Gasteiger partial charge in [0, 0.05) is 50.1 Å². The van der Waals surface area contributed by atoms with E-state index in [4.69, 9.17) is 4.52 Å². The molecule has 4 rings (SSSR count). The van der Waals surface area contributed by atoms with Gasteiger partial charge < -0.3 is 14.7 Å². The maximum absolute atomic E-state index is 12.4. The van der Waals surface area contributed by atoms with Gasteiger partial charge in [0.15, 0.2) is 5.82 Å². The molecule has 0 aliphatic carbocycles. The summed E-state index contributed by atoms with van der Waals surface area (Å²) >= 11 is 0. The topological polar surface area (TPSA) is 76.2 Å². The summed E-state index contributed by atoms with van der Waals surface area (Å²) in [6.07, 6.45) is 2.79. The van der Waals surface area contributed by atoms with Crippen molar-refractivity contribution in [2.75, 3.05) is 18.0 Å². The standard InChI is InChI=1S/C18H19N5O2/c1-22-9-8-17(20-22)23-10-7-14(12-23)19-18(24)16-11-15(21-25-16)13-5-3-2-4-6-13/h2-6,8-9,11,14H,7,10,12H2,1H3,(H,19,24)/t14-/m1/s1. The van der Waals surface area contributed by atoms with Crippen molar-refractivity contribution in [1.82, 2.24) is 20.3 Å². The Morgan fingerprint density at radius 3 is 2.88 bits per heavy atom. The molecule has 1 N–H and O–H groups in total. The first-order chi connectivity index (χ1) is 12.2. The lowest BCUT2D eigenvalue weighted by molar-refractivity contribution is 0.0903. The Labute approximate surface area is 145 Å². The van der Waals surface area contributed by atoms with Gasteiger partial charge in [-0.25, -0.2) is 0 Å². The molecule has 1 aromatic carbocycles. The molecule has 3 aromatic rings. The first-order valence-corrected chi connectivity index (χ1v) is 8.26. The number of nitrogens with one attached hydrogen (secondary N) is 1. The highest BCUT2D eigenvalue weighted by Gasteiger charge is 2.26. The Bertz CT molecular complexity index is 870. The maximum atomic E-state index is 12.4. The third kappa shape index (κ3) is 3.26. The Balaban J connectivity index is 1.39. The van der Waals surface area contributed by atoms with Crippen molar-refractivity contribution in [2.45, 2.75) is 12.5 Å². The fraction of sp³-hybridized carbons (Fsp3) is 0.278. The molecule has 1 aliphatic rings. The van der Waals surface area contributed by atoms with Crippen LogP contribution in [0, 0.1) is 0 Å². The number of anilines is 1. The lowest BCUT2D eigenvalue weighted by Gasteiger charge is -2.15. The molecule has 0 spiro atoms. The molecular formula is C18H19N5O2. The fourth-order valence-corrected chi connectivity index (χ4v) is 3.04. The third-order valence-electron chi connectivity index (χ3n) is 4.35. The lowest BCUT2D eigenvalue weighted by atomic mass is 10.1. The van der Waals surface area contributed by atoms with Crippen LogP contribution in [-0.2, 0) is 7.05 Å². The zero-order valence-corrected chi connectivity index (χ0v) is 13.9. The van der Waals surface area contributed by atoms with E-state index in [9.17, 15) is 4.79 Å². The van der Waals surface area contributed by atoms with Crippen molar-refractivity contribution in [3.05, 3.63) is 54.4 Å². The summed E-state index contributed by atoms with van der Waals surface area (Å²) in [6, 6.07) is 13.4. The number of carbonyl (C=O) groups excluding carboxylic acids is 1. The Morgan fingerprint density at radius 1 is 1.28 bits per heavy atom. The van der Waals surface area contributed by atoms with Crippen molar-refractivity contribution in [3.8, 4) is 11.3 Å². The molecule has 0 radical (unpaired) electrons. The van der Waals surface area contributed by atoms with E-state index >= 15 is 0 Å². The monoisotopic (exact) mass is 337 g/mol. The summed E-state index contributed by atoms with van der Waals surface area (Å²) in [4.78, 5) is 14.6. The zero-order valence-electron chi connectivity index (χ0n) is 13.9. The zero-order chi connectivity index (χ0) is 17.2. The van der Waals surface area contributed by atoms with Crippen molar-refractivity contribution >= 4 is 11.7 Å². The van der Waals surface area contributed by atoms with Gasteiger partial charge >= 0.3 is 0 Å². The molecule has 2 aromatic heterocycles. The Morgan fingerprint density at radius 2 is 2.12 bits per heavy atom. The predicted molar refractivity (Wildman–Crippen MR) is 93.2 cm³/mol. The van der Waals surface area contributed by atoms with Crippen LogP contribution in [0.5, 0.6) is 0 Å². The summed E-state index contributed by atoms with van der Waals surface area (Å²) in [5.74, 6) is 0.933. The van der Waals surface area contributed by atoms with Gasteiger partial charge in [0.25, 0.3) is 5.91 Å². The van der Waals surface area contributed by atoms with E-state index < -0.39 is 0 Å². The minimum Gasteiger partial charge on any atom is -0.353 e. The van der Waals surface area contributed by atoms with E-state index in [1.54, 1.807) is 10.7 Å². The predicted octanol–water partition coefficient (Wildman–Crippen LogP) is 2.08. The maximum Gasteiger partial charge on any atom is 0.290 e. The summed E-state index contributed by atoms with van der Waals surface area (Å²) < 4.78 is 6.99. The number of aromatic nitrogens is 3. The molecule has 1 atom stereocenters. The SMILES string of the molecule is Cn1ccc(N2CC[C@@H](NC(=O)c3cc(-c4ccccc4)no3)C2)n1. The van der Waals surface area contributed by atoms with Crippen LogP contribution < -0.4 is 10.2 Å². The van der Waals surface area contributed by atoms with Crippen LogP contribution in [0.1, 0.15) is 17.0 Å². The smallest absolute Gasteiger partial charge is 0.290 e. The van der Waals surface area contributed by atoms with Gasteiger partial charge in [-0.3, -0.25) is 9.48 Å². The Kier molecular flexibility index (Phi) is 3.97. The highest BCUT2D eigenvalue weighted by molar-refractivity contribution is 5.92. The highest BCUT2D eigenvalue weighted by atomic mass is 16.5. The van der Waals surface area contributed by atoms with Gasteiger partial charge in [-0.15, -0.1) is 0 Å². The first-order valence-electron chi connectivity index (χ1n) is 8.26. The second-order valence-electron chi connectivity index (χ2n) is 6.20.